The number of carboxylic acids is 1. The minimum atomic E-state index is -1.80. The Labute approximate surface area is 317 Å². The van der Waals surface area contributed by atoms with Gasteiger partial charge >= 0.3 is 5.97 Å². The summed E-state index contributed by atoms with van der Waals surface area (Å²) >= 11 is 0. The molecule has 0 amide bonds. The molecule has 9 unspecified atom stereocenters. The minimum Gasteiger partial charge on any atom is -0.479 e. The van der Waals surface area contributed by atoms with Crippen molar-refractivity contribution in [2.45, 2.75) is 117 Å². The van der Waals surface area contributed by atoms with E-state index in [4.69, 9.17) is 20.6 Å². The number of rotatable bonds is 23. The second kappa shape index (κ2) is 26.0. The third-order valence-electron chi connectivity index (χ3n) is 9.00. The fourth-order valence-corrected chi connectivity index (χ4v) is 5.52. The van der Waals surface area contributed by atoms with Crippen LogP contribution in [0.1, 0.15) is 80.1 Å². The zero-order valence-corrected chi connectivity index (χ0v) is 32.7. The number of unbranched alkanes of at least 4 members (excludes halogenated alkanes) is 2. The lowest BCUT2D eigenvalue weighted by molar-refractivity contribution is -0.303. The van der Waals surface area contributed by atoms with E-state index < -0.39 is 42.8 Å². The number of nitrogens with zero attached hydrogens (tertiary/aromatic N) is 1. The average Bonchev–Trinajstić information content (AvgIpc) is 3.10. The van der Waals surface area contributed by atoms with Gasteiger partial charge in [0, 0.05) is 19.5 Å². The maximum absolute atomic E-state index is 11.7. The van der Waals surface area contributed by atoms with E-state index in [1.807, 2.05) is 63.4 Å². The van der Waals surface area contributed by atoms with E-state index in [-0.39, 0.29) is 23.6 Å². The molecule has 296 valence electrons. The lowest BCUT2D eigenvalue weighted by Crippen LogP contribution is -2.61. The monoisotopic (exact) mass is 739 g/mol. The van der Waals surface area contributed by atoms with E-state index in [1.54, 1.807) is 24.0 Å². The molecule has 1 fully saturated rings. The molecule has 0 aliphatic carbocycles. The molecule has 0 aromatic carbocycles. The van der Waals surface area contributed by atoms with Crippen molar-refractivity contribution in [3.63, 3.8) is 0 Å². The van der Waals surface area contributed by atoms with Crippen molar-refractivity contribution in [3.05, 3.63) is 96.2 Å². The first kappa shape index (κ1) is 47.2. The number of allylic oxidation sites excluding steroid dienone is 14. The van der Waals surface area contributed by atoms with Crippen LogP contribution in [-0.2, 0) is 19.1 Å². The van der Waals surface area contributed by atoms with E-state index >= 15 is 0 Å². The van der Waals surface area contributed by atoms with Crippen molar-refractivity contribution in [2.75, 3.05) is 13.6 Å². The second-order valence-corrected chi connectivity index (χ2v) is 14.0. The molecule has 53 heavy (non-hydrogen) atoms. The predicted molar refractivity (Wildman–Crippen MR) is 212 cm³/mol. The molecule has 1 aliphatic heterocycles. The van der Waals surface area contributed by atoms with Crippen LogP contribution in [0, 0.1) is 23.2 Å². The number of aliphatic carboxylic acids is 1. The highest BCUT2D eigenvalue weighted by Crippen LogP contribution is 2.29. The Kier molecular flexibility index (Phi) is 23.1. The first-order valence-electron chi connectivity index (χ1n) is 18.6. The van der Waals surface area contributed by atoms with Crippen molar-refractivity contribution in [2.24, 2.45) is 23.5 Å². The number of hydrogen-bond acceptors (Lipinski definition) is 8. The number of carbonyl (C=O) groups excluding carboxylic acids is 1. The number of carboxylic acid groups (broad SMARTS) is 1. The Bertz CT molecular complexity index is 1380. The first-order valence-corrected chi connectivity index (χ1v) is 18.6. The number of ether oxygens (including phenoxy) is 2. The molecule has 0 aromatic heterocycles. The summed E-state index contributed by atoms with van der Waals surface area (Å²) in [6.45, 7) is 12.2. The molecule has 11 heteroatoms. The van der Waals surface area contributed by atoms with Crippen molar-refractivity contribution in [3.8, 4) is 0 Å². The SMILES string of the molecule is CC(=O)/C(C)=C/C=C/C=C/C=C/C=C/C(C)C(OC1OC(C(=O)O)C(O)C(O)C1O)/C(C)=C/C(C)CCC/C=C/C(C)C/C=C/CCCN(C)C(=N)N. The number of aliphatic hydroxyl groups is 3. The summed E-state index contributed by atoms with van der Waals surface area (Å²) < 4.78 is 11.6. The third kappa shape index (κ3) is 19.2. The number of nitrogens with two attached hydrogens (primary N) is 1. The van der Waals surface area contributed by atoms with Gasteiger partial charge in [-0.05, 0) is 82.3 Å². The smallest absolute Gasteiger partial charge is 0.335 e. The molecule has 0 aromatic rings. The molecule has 1 rings (SSSR count). The van der Waals surface area contributed by atoms with Gasteiger partial charge in [-0.3, -0.25) is 10.2 Å². The van der Waals surface area contributed by atoms with Crippen molar-refractivity contribution >= 4 is 17.7 Å². The molecule has 1 aliphatic rings. The van der Waals surface area contributed by atoms with Crippen molar-refractivity contribution < 1.29 is 39.5 Å². The summed E-state index contributed by atoms with van der Waals surface area (Å²) in [6, 6.07) is 0. The van der Waals surface area contributed by atoms with E-state index in [0.29, 0.717) is 11.5 Å². The number of Topliss-reactive ketones (excluding diaryl/α,β-unsaturated/α-hetero) is 1. The largest absolute Gasteiger partial charge is 0.479 e. The van der Waals surface area contributed by atoms with Gasteiger partial charge in [-0.25, -0.2) is 4.79 Å². The molecule has 7 N–H and O–H groups in total. The summed E-state index contributed by atoms with van der Waals surface area (Å²) in [5, 5.41) is 48.1. The van der Waals surface area contributed by atoms with E-state index in [1.165, 1.54) is 6.92 Å². The Morgan fingerprint density at radius 3 is 2.09 bits per heavy atom. The highest BCUT2D eigenvalue weighted by molar-refractivity contribution is 5.92. The number of carbonyl (C=O) groups is 2. The van der Waals surface area contributed by atoms with Gasteiger partial charge in [0.25, 0.3) is 0 Å². The van der Waals surface area contributed by atoms with Crippen LogP contribution in [-0.4, -0.2) is 93.4 Å². The number of ketones is 1. The maximum Gasteiger partial charge on any atom is 0.335 e. The van der Waals surface area contributed by atoms with Crippen molar-refractivity contribution in [1.82, 2.24) is 4.90 Å². The van der Waals surface area contributed by atoms with Gasteiger partial charge in [0.1, 0.15) is 18.3 Å². The summed E-state index contributed by atoms with van der Waals surface area (Å²) in [5.74, 6) is -0.953. The van der Waals surface area contributed by atoms with Crippen LogP contribution >= 0.6 is 0 Å². The quantitative estimate of drug-likeness (QED) is 0.0177. The lowest BCUT2D eigenvalue weighted by atomic mass is 9.92. The van der Waals surface area contributed by atoms with Gasteiger partial charge in [0.15, 0.2) is 24.1 Å². The first-order chi connectivity index (χ1) is 25.1. The Hall–Kier alpha value is -3.87. The fourth-order valence-electron chi connectivity index (χ4n) is 5.52. The van der Waals surface area contributed by atoms with Crippen LogP contribution in [0.3, 0.4) is 0 Å². The summed E-state index contributed by atoms with van der Waals surface area (Å²) in [5.41, 5.74) is 7.01. The van der Waals surface area contributed by atoms with E-state index in [0.717, 1.165) is 50.6 Å². The highest BCUT2D eigenvalue weighted by Gasteiger charge is 2.48. The maximum atomic E-state index is 11.7. The number of hydrogen-bond donors (Lipinski definition) is 6. The zero-order valence-electron chi connectivity index (χ0n) is 32.7. The van der Waals surface area contributed by atoms with Crippen LogP contribution < -0.4 is 5.73 Å². The van der Waals surface area contributed by atoms with Crippen LogP contribution in [0.5, 0.6) is 0 Å². The highest BCUT2D eigenvalue weighted by atomic mass is 16.7. The van der Waals surface area contributed by atoms with Crippen molar-refractivity contribution in [1.29, 1.82) is 5.41 Å². The molecule has 1 saturated heterocycles. The zero-order chi connectivity index (χ0) is 39.9. The molecule has 9 atom stereocenters. The van der Waals surface area contributed by atoms with E-state index in [2.05, 4.69) is 44.2 Å². The summed E-state index contributed by atoms with van der Waals surface area (Å²) in [6.07, 6.45) is 24.2. The average molecular weight is 740 g/mol. The predicted octanol–water partition coefficient (Wildman–Crippen LogP) is 6.16. The summed E-state index contributed by atoms with van der Waals surface area (Å²) in [7, 11) is 1.82. The molecule has 0 bridgehead atoms. The Balaban J connectivity index is 2.88. The number of guanidine groups is 1. The standard InChI is InChI=1S/C42H65N3O8/c1-29(22-16-13-14-21-27-45(7)42(43)44)23-17-15-18-24-30(2)28-33(5)38(52-41-37(49)35(47)36(48)39(53-41)40(50)51)32(4)26-20-12-10-8-9-11-19-25-31(3)34(6)46/h8-13,16-17,19-20,23,25-26,28-30,32,35-39,41,47-49H,14-15,18,21-22,24,27H2,1-7H3,(H3,43,44)(H,50,51)/b9-8+,12-10+,16-13+,19-11+,23-17+,26-20+,31-25+,33-28+. The van der Waals surface area contributed by atoms with Gasteiger partial charge in [-0.2, -0.15) is 0 Å². The molecule has 0 spiro atoms. The van der Waals surface area contributed by atoms with Crippen LogP contribution in [0.2, 0.25) is 0 Å². The number of aliphatic hydroxyl groups excluding tert-OH is 3. The Morgan fingerprint density at radius 1 is 0.849 bits per heavy atom. The summed E-state index contributed by atoms with van der Waals surface area (Å²) in [4.78, 5) is 24.7. The molecular formula is C42H65N3O8. The van der Waals surface area contributed by atoms with Gasteiger partial charge < -0.3 is 40.5 Å². The normalized spacial score (nSPS) is 24.2. The Morgan fingerprint density at radius 2 is 1.47 bits per heavy atom. The minimum absolute atomic E-state index is 0.0255. The van der Waals surface area contributed by atoms with Crippen LogP contribution in [0.15, 0.2) is 96.2 Å². The topological polar surface area (TPSA) is 187 Å². The van der Waals surface area contributed by atoms with Crippen LogP contribution in [0.25, 0.3) is 0 Å². The lowest BCUT2D eigenvalue weighted by Gasteiger charge is -2.40. The fraction of sp³-hybridized carbons (Fsp3) is 0.548. The van der Waals surface area contributed by atoms with Crippen LogP contribution in [0.4, 0.5) is 0 Å². The number of nitrogens with one attached hydrogen (secondary N) is 1. The van der Waals surface area contributed by atoms with Gasteiger partial charge in [-0.1, -0.05) is 106 Å². The van der Waals surface area contributed by atoms with Gasteiger partial charge in [0.2, 0.25) is 0 Å². The van der Waals surface area contributed by atoms with E-state index in [9.17, 15) is 30.0 Å². The molecule has 1 heterocycles. The third-order valence-corrected chi connectivity index (χ3v) is 9.00. The second-order valence-electron chi connectivity index (χ2n) is 14.0. The molecule has 11 nitrogen and oxygen atoms in total. The molecule has 0 radical (unpaired) electrons. The van der Waals surface area contributed by atoms with Gasteiger partial charge in [0.05, 0.1) is 6.10 Å². The molecule has 0 saturated carbocycles. The molecular weight excluding hydrogens is 674 g/mol. The van der Waals surface area contributed by atoms with Gasteiger partial charge in [-0.15, -0.1) is 0 Å².